The third-order valence-corrected chi connectivity index (χ3v) is 3.38. The second-order valence-corrected chi connectivity index (χ2v) is 6.42. The van der Waals surface area contributed by atoms with Gasteiger partial charge in [-0.2, -0.15) is 0 Å². The Balaban J connectivity index is 4.80. The van der Waals surface area contributed by atoms with Crippen molar-refractivity contribution in [2.24, 2.45) is 17.0 Å². The van der Waals surface area contributed by atoms with E-state index in [9.17, 15) is 9.36 Å². The highest BCUT2D eigenvalue weighted by molar-refractivity contribution is 7.74. The van der Waals surface area contributed by atoms with E-state index in [0.717, 1.165) is 0 Å². The molecule has 0 fully saturated rings. The monoisotopic (exact) mass is 265 g/mol. The van der Waals surface area contributed by atoms with Gasteiger partial charge in [0.25, 0.3) is 0 Å². The number of hydrogen-bond donors (Lipinski definition) is 1. The molecule has 0 saturated heterocycles. The molecule has 0 amide bonds. The van der Waals surface area contributed by atoms with Gasteiger partial charge in [-0.05, 0) is 11.8 Å². The standard InChI is InChI=1S/C10H20NO5P/c1-8(2)6-15-17(14,10(5-12)11-13)16-7-9(3)4/h5,8-9,13H,6-7H2,1-4H3/b11-10+. The molecule has 0 saturated carbocycles. The molecule has 0 bridgehead atoms. The van der Waals surface area contributed by atoms with Crippen molar-refractivity contribution < 1.29 is 23.6 Å². The zero-order valence-electron chi connectivity index (χ0n) is 10.6. The van der Waals surface area contributed by atoms with Gasteiger partial charge in [0.05, 0.1) is 13.2 Å². The summed E-state index contributed by atoms with van der Waals surface area (Å²) in [4.78, 5) is 10.6. The van der Waals surface area contributed by atoms with E-state index in [1.54, 1.807) is 0 Å². The van der Waals surface area contributed by atoms with E-state index < -0.39 is 13.0 Å². The minimum absolute atomic E-state index is 0.123. The first-order valence-electron chi connectivity index (χ1n) is 5.42. The second kappa shape index (κ2) is 7.58. The Bertz CT molecular complexity index is 298. The van der Waals surface area contributed by atoms with Crippen LogP contribution in [0.15, 0.2) is 5.16 Å². The molecule has 100 valence electrons. The van der Waals surface area contributed by atoms with Gasteiger partial charge in [0, 0.05) is 0 Å². The average Bonchev–Trinajstić information content (AvgIpc) is 2.25. The Kier molecular flexibility index (Phi) is 7.27. The lowest BCUT2D eigenvalue weighted by molar-refractivity contribution is -0.102. The number of rotatable bonds is 8. The van der Waals surface area contributed by atoms with Crippen molar-refractivity contribution in [2.45, 2.75) is 27.7 Å². The zero-order valence-corrected chi connectivity index (χ0v) is 11.5. The van der Waals surface area contributed by atoms with Crippen molar-refractivity contribution >= 4 is 19.3 Å². The highest BCUT2D eigenvalue weighted by Gasteiger charge is 2.33. The molecule has 0 unspecified atom stereocenters. The predicted octanol–water partition coefficient (Wildman–Crippen LogP) is 2.51. The van der Waals surface area contributed by atoms with E-state index >= 15 is 0 Å². The summed E-state index contributed by atoms with van der Waals surface area (Å²) in [5.41, 5.74) is -0.598. The van der Waals surface area contributed by atoms with Crippen LogP contribution in [0.4, 0.5) is 0 Å². The third-order valence-electron chi connectivity index (χ3n) is 1.64. The maximum atomic E-state index is 12.2. The Morgan fingerprint density at radius 1 is 1.24 bits per heavy atom. The molecular weight excluding hydrogens is 245 g/mol. The van der Waals surface area contributed by atoms with Gasteiger partial charge >= 0.3 is 7.60 Å². The van der Waals surface area contributed by atoms with Crippen LogP contribution in [0.3, 0.4) is 0 Å². The molecule has 0 aromatic carbocycles. The SMILES string of the molecule is CC(C)COP(=O)(OCC(C)C)/C(C=O)=N/O. The molecule has 17 heavy (non-hydrogen) atoms. The van der Waals surface area contributed by atoms with Gasteiger partial charge < -0.3 is 14.3 Å². The fraction of sp³-hybridized carbons (Fsp3) is 0.800. The van der Waals surface area contributed by atoms with E-state index in [4.69, 9.17) is 14.3 Å². The van der Waals surface area contributed by atoms with Crippen LogP contribution in [0.2, 0.25) is 0 Å². The molecule has 0 rings (SSSR count). The summed E-state index contributed by atoms with van der Waals surface area (Å²) in [5, 5.41) is 11.3. The Labute approximate surface area is 102 Å². The number of carbonyl (C=O) groups is 1. The van der Waals surface area contributed by atoms with Crippen LogP contribution < -0.4 is 0 Å². The first-order chi connectivity index (χ1) is 7.85. The summed E-state index contributed by atoms with van der Waals surface area (Å²) in [6.07, 6.45) is 0.182. The Morgan fingerprint density at radius 2 is 1.65 bits per heavy atom. The van der Waals surface area contributed by atoms with Crippen LogP contribution in [0, 0.1) is 11.8 Å². The van der Waals surface area contributed by atoms with Crippen molar-refractivity contribution in [3.8, 4) is 0 Å². The lowest BCUT2D eigenvalue weighted by Crippen LogP contribution is -2.13. The van der Waals surface area contributed by atoms with Crippen LogP contribution in [-0.2, 0) is 18.4 Å². The summed E-state index contributed by atoms with van der Waals surface area (Å²) in [6.45, 7) is 7.77. The van der Waals surface area contributed by atoms with Gasteiger partial charge in [-0.1, -0.05) is 32.9 Å². The molecule has 0 aliphatic carbocycles. The van der Waals surface area contributed by atoms with Gasteiger partial charge in [-0.3, -0.25) is 9.36 Å². The normalized spacial score (nSPS) is 13.4. The van der Waals surface area contributed by atoms with Crippen LogP contribution >= 0.6 is 7.60 Å². The minimum Gasteiger partial charge on any atom is -0.410 e. The molecule has 0 spiro atoms. The zero-order chi connectivity index (χ0) is 13.5. The number of hydrogen-bond acceptors (Lipinski definition) is 6. The van der Waals surface area contributed by atoms with Crippen LogP contribution in [0.1, 0.15) is 27.7 Å². The quantitative estimate of drug-likeness (QED) is 0.239. The number of aldehydes is 1. The topological polar surface area (TPSA) is 85.2 Å². The fourth-order valence-electron chi connectivity index (χ4n) is 0.807. The molecule has 0 aromatic heterocycles. The van der Waals surface area contributed by atoms with Crippen LogP contribution in [-0.4, -0.2) is 30.2 Å². The van der Waals surface area contributed by atoms with Crippen LogP contribution in [0.5, 0.6) is 0 Å². The molecule has 6 nitrogen and oxygen atoms in total. The smallest absolute Gasteiger partial charge is 0.386 e. The van der Waals surface area contributed by atoms with E-state index in [1.165, 1.54) is 0 Å². The Hall–Kier alpha value is -0.710. The lowest BCUT2D eigenvalue weighted by atomic mass is 10.2. The van der Waals surface area contributed by atoms with Crippen molar-refractivity contribution in [3.63, 3.8) is 0 Å². The number of carbonyl (C=O) groups excluding carboxylic acids is 1. The van der Waals surface area contributed by atoms with Gasteiger partial charge in [0.1, 0.15) is 0 Å². The van der Waals surface area contributed by atoms with Crippen molar-refractivity contribution in [1.29, 1.82) is 0 Å². The highest BCUT2D eigenvalue weighted by atomic mass is 31.2. The van der Waals surface area contributed by atoms with E-state index in [0.29, 0.717) is 0 Å². The van der Waals surface area contributed by atoms with E-state index in [2.05, 4.69) is 5.16 Å². The number of nitrogens with zero attached hydrogens (tertiary/aromatic N) is 1. The summed E-state index contributed by atoms with van der Waals surface area (Å²) in [5.74, 6) is 0.245. The first-order valence-corrected chi connectivity index (χ1v) is 6.97. The molecule has 1 N–H and O–H groups in total. The van der Waals surface area contributed by atoms with Gasteiger partial charge in [0.2, 0.25) is 5.45 Å². The van der Waals surface area contributed by atoms with E-state index in [1.807, 2.05) is 27.7 Å². The van der Waals surface area contributed by atoms with E-state index in [-0.39, 0.29) is 31.3 Å². The molecule has 0 aliphatic rings. The molecule has 0 radical (unpaired) electrons. The Morgan fingerprint density at radius 3 is 1.88 bits per heavy atom. The second-order valence-electron chi connectivity index (χ2n) is 4.45. The summed E-state index contributed by atoms with van der Waals surface area (Å²) in [6, 6.07) is 0. The number of oxime groups is 1. The predicted molar refractivity (Wildman–Crippen MR) is 64.5 cm³/mol. The molecular formula is C10H20NO5P. The molecule has 0 atom stereocenters. The average molecular weight is 265 g/mol. The summed E-state index contributed by atoms with van der Waals surface area (Å²) < 4.78 is 22.4. The van der Waals surface area contributed by atoms with Crippen LogP contribution in [0.25, 0.3) is 0 Å². The minimum atomic E-state index is -3.81. The molecule has 0 heterocycles. The maximum absolute atomic E-state index is 12.2. The fourth-order valence-corrected chi connectivity index (χ4v) is 2.37. The van der Waals surface area contributed by atoms with Gasteiger partial charge in [-0.15, -0.1) is 0 Å². The summed E-state index contributed by atoms with van der Waals surface area (Å²) >= 11 is 0. The van der Waals surface area contributed by atoms with Gasteiger partial charge in [-0.25, -0.2) is 0 Å². The first kappa shape index (κ1) is 16.3. The maximum Gasteiger partial charge on any atom is 0.386 e. The summed E-state index contributed by atoms with van der Waals surface area (Å²) in [7, 11) is -3.81. The molecule has 0 aromatic rings. The molecule has 7 heteroatoms. The lowest BCUT2D eigenvalue weighted by Gasteiger charge is -2.18. The van der Waals surface area contributed by atoms with Gasteiger partial charge in [0.15, 0.2) is 6.29 Å². The largest absolute Gasteiger partial charge is 0.410 e. The van der Waals surface area contributed by atoms with Crippen molar-refractivity contribution in [3.05, 3.63) is 0 Å². The highest BCUT2D eigenvalue weighted by Crippen LogP contribution is 2.49. The molecule has 0 aliphatic heterocycles. The van der Waals surface area contributed by atoms with Crippen molar-refractivity contribution in [2.75, 3.05) is 13.2 Å². The third kappa shape index (κ3) is 5.96. The van der Waals surface area contributed by atoms with Crippen molar-refractivity contribution in [1.82, 2.24) is 0 Å².